The number of methoxy groups -OCH3 is 1. The smallest absolute Gasteiger partial charge is 0.341 e. The zero-order valence-corrected chi connectivity index (χ0v) is 13.3. The molecule has 0 saturated carbocycles. The van der Waals surface area contributed by atoms with Crippen molar-refractivity contribution in [2.75, 3.05) is 25.1 Å². The molecule has 1 aliphatic carbocycles. The predicted molar refractivity (Wildman–Crippen MR) is 82.4 cm³/mol. The van der Waals surface area contributed by atoms with Gasteiger partial charge < -0.3 is 14.7 Å². The number of rotatable bonds is 6. The molecule has 0 saturated heterocycles. The summed E-state index contributed by atoms with van der Waals surface area (Å²) in [4.78, 5) is 26.2. The van der Waals surface area contributed by atoms with Gasteiger partial charge in [0.15, 0.2) is 0 Å². The Kier molecular flexibility index (Phi) is 5.22. The molecule has 6 heteroatoms. The second-order valence-corrected chi connectivity index (χ2v) is 6.19. The van der Waals surface area contributed by atoms with Crippen LogP contribution in [-0.2, 0) is 22.4 Å². The molecule has 0 amide bonds. The van der Waals surface area contributed by atoms with Gasteiger partial charge in [-0.2, -0.15) is 0 Å². The van der Waals surface area contributed by atoms with Gasteiger partial charge in [-0.25, -0.2) is 4.79 Å². The maximum Gasteiger partial charge on any atom is 0.341 e. The number of aryl methyl sites for hydroxylation is 1. The van der Waals surface area contributed by atoms with Crippen LogP contribution in [0.2, 0.25) is 0 Å². The van der Waals surface area contributed by atoms with Crippen LogP contribution < -0.4 is 4.90 Å². The van der Waals surface area contributed by atoms with Gasteiger partial charge in [-0.3, -0.25) is 4.79 Å². The average molecular weight is 311 g/mol. The molecule has 1 N–H and O–H groups in total. The van der Waals surface area contributed by atoms with Gasteiger partial charge in [0.2, 0.25) is 0 Å². The Balaban J connectivity index is 2.38. The van der Waals surface area contributed by atoms with E-state index in [2.05, 4.69) is 0 Å². The minimum Gasteiger partial charge on any atom is -0.481 e. The first kappa shape index (κ1) is 15.8. The van der Waals surface area contributed by atoms with Crippen LogP contribution in [0, 0.1) is 0 Å². The molecule has 2 rings (SSSR count). The third-order valence-electron chi connectivity index (χ3n) is 3.81. The van der Waals surface area contributed by atoms with Crippen LogP contribution in [0.15, 0.2) is 0 Å². The van der Waals surface area contributed by atoms with Crippen molar-refractivity contribution < 1.29 is 19.4 Å². The molecule has 21 heavy (non-hydrogen) atoms. The number of aliphatic carboxylic acids is 1. The molecular formula is C15H21NO4S. The lowest BCUT2D eigenvalue weighted by Crippen LogP contribution is -2.26. The summed E-state index contributed by atoms with van der Waals surface area (Å²) in [6.45, 7) is 3.06. The zero-order chi connectivity index (χ0) is 15.4. The van der Waals surface area contributed by atoms with Crippen LogP contribution in [0.5, 0.6) is 0 Å². The molecule has 1 aromatic heterocycles. The van der Waals surface area contributed by atoms with E-state index in [9.17, 15) is 9.59 Å². The molecule has 5 nitrogen and oxygen atoms in total. The Bertz CT molecular complexity index is 538. The Labute approximate surface area is 128 Å². The van der Waals surface area contributed by atoms with E-state index in [1.807, 2.05) is 11.8 Å². The van der Waals surface area contributed by atoms with Gasteiger partial charge in [-0.05, 0) is 38.2 Å². The molecule has 0 aromatic carbocycles. The van der Waals surface area contributed by atoms with Crippen molar-refractivity contribution in [3.63, 3.8) is 0 Å². The number of hydrogen-bond acceptors (Lipinski definition) is 5. The number of carboxylic acids is 1. The standard InChI is InChI=1S/C15H21NO4S/c1-3-16(9-8-12(17)18)14-13(15(19)20-2)10-6-4-5-7-11(10)21-14/h3-9H2,1-2H3,(H,17,18). The van der Waals surface area contributed by atoms with Crippen molar-refractivity contribution in [2.45, 2.75) is 39.0 Å². The van der Waals surface area contributed by atoms with Crippen LogP contribution >= 0.6 is 11.3 Å². The van der Waals surface area contributed by atoms with Crippen molar-refractivity contribution in [2.24, 2.45) is 0 Å². The maximum absolute atomic E-state index is 12.2. The van der Waals surface area contributed by atoms with E-state index >= 15 is 0 Å². The van der Waals surface area contributed by atoms with Gasteiger partial charge in [0.1, 0.15) is 5.00 Å². The monoisotopic (exact) mass is 311 g/mol. The Morgan fingerprint density at radius 1 is 1.33 bits per heavy atom. The summed E-state index contributed by atoms with van der Waals surface area (Å²) in [5, 5.41) is 9.75. The fraction of sp³-hybridized carbons (Fsp3) is 0.600. The lowest BCUT2D eigenvalue weighted by Gasteiger charge is -2.21. The molecule has 1 heterocycles. The third-order valence-corrected chi connectivity index (χ3v) is 5.16. The average Bonchev–Trinajstić information content (AvgIpc) is 2.86. The first-order chi connectivity index (χ1) is 10.1. The van der Waals surface area contributed by atoms with E-state index in [1.165, 1.54) is 12.0 Å². The Morgan fingerprint density at radius 2 is 2.05 bits per heavy atom. The van der Waals surface area contributed by atoms with Crippen molar-refractivity contribution in [1.29, 1.82) is 0 Å². The number of anilines is 1. The first-order valence-electron chi connectivity index (χ1n) is 7.28. The summed E-state index contributed by atoms with van der Waals surface area (Å²) < 4.78 is 4.95. The highest BCUT2D eigenvalue weighted by Crippen LogP contribution is 2.40. The number of esters is 1. The second-order valence-electron chi connectivity index (χ2n) is 5.11. The summed E-state index contributed by atoms with van der Waals surface area (Å²) in [6, 6.07) is 0. The molecule has 116 valence electrons. The number of fused-ring (bicyclic) bond motifs is 1. The normalized spacial score (nSPS) is 13.6. The molecule has 0 aliphatic heterocycles. The van der Waals surface area contributed by atoms with Crippen molar-refractivity contribution in [3.05, 3.63) is 16.0 Å². The summed E-state index contributed by atoms with van der Waals surface area (Å²) in [5.74, 6) is -1.13. The molecule has 0 atom stereocenters. The molecular weight excluding hydrogens is 290 g/mol. The summed E-state index contributed by atoms with van der Waals surface area (Å²) in [7, 11) is 1.40. The first-order valence-corrected chi connectivity index (χ1v) is 8.09. The van der Waals surface area contributed by atoms with Gasteiger partial charge >= 0.3 is 11.9 Å². The van der Waals surface area contributed by atoms with E-state index in [1.54, 1.807) is 11.3 Å². The molecule has 1 aliphatic rings. The SMILES string of the molecule is CCN(CCC(=O)O)c1sc2c(c1C(=O)OC)CCCC2. The van der Waals surface area contributed by atoms with Crippen molar-refractivity contribution in [3.8, 4) is 0 Å². The quantitative estimate of drug-likeness (QED) is 0.818. The fourth-order valence-electron chi connectivity index (χ4n) is 2.72. The highest BCUT2D eigenvalue weighted by Gasteiger charge is 2.28. The van der Waals surface area contributed by atoms with Crippen LogP contribution in [0.4, 0.5) is 5.00 Å². The lowest BCUT2D eigenvalue weighted by atomic mass is 9.95. The molecule has 0 bridgehead atoms. The van der Waals surface area contributed by atoms with Crippen LogP contribution in [0.25, 0.3) is 0 Å². The van der Waals surface area contributed by atoms with E-state index in [4.69, 9.17) is 9.84 Å². The van der Waals surface area contributed by atoms with E-state index in [-0.39, 0.29) is 12.4 Å². The number of carbonyl (C=O) groups is 2. The number of carbonyl (C=O) groups excluding carboxylic acids is 1. The molecule has 0 spiro atoms. The number of ether oxygens (including phenoxy) is 1. The van der Waals surface area contributed by atoms with Crippen molar-refractivity contribution >= 4 is 28.3 Å². The summed E-state index contributed by atoms with van der Waals surface area (Å²) >= 11 is 1.62. The molecule has 0 unspecified atom stereocenters. The van der Waals surface area contributed by atoms with E-state index < -0.39 is 5.97 Å². The Morgan fingerprint density at radius 3 is 2.67 bits per heavy atom. The van der Waals surface area contributed by atoms with Gasteiger partial charge in [-0.15, -0.1) is 11.3 Å². The topological polar surface area (TPSA) is 66.8 Å². The zero-order valence-electron chi connectivity index (χ0n) is 12.5. The largest absolute Gasteiger partial charge is 0.481 e. The molecule has 0 radical (unpaired) electrons. The van der Waals surface area contributed by atoms with Crippen molar-refractivity contribution in [1.82, 2.24) is 0 Å². The van der Waals surface area contributed by atoms with Crippen LogP contribution in [0.3, 0.4) is 0 Å². The molecule has 1 aromatic rings. The predicted octanol–water partition coefficient (Wildman–Crippen LogP) is 2.71. The minimum absolute atomic E-state index is 0.0665. The molecule has 0 fully saturated rings. The van der Waals surface area contributed by atoms with Gasteiger partial charge in [0.05, 0.1) is 19.1 Å². The number of nitrogens with zero attached hydrogens (tertiary/aromatic N) is 1. The second kappa shape index (κ2) is 6.93. The van der Waals surface area contributed by atoms with Gasteiger partial charge in [-0.1, -0.05) is 0 Å². The number of carboxylic acid groups (broad SMARTS) is 1. The van der Waals surface area contributed by atoms with Gasteiger partial charge in [0, 0.05) is 18.0 Å². The summed E-state index contributed by atoms with van der Waals surface area (Å²) in [5.41, 5.74) is 1.77. The van der Waals surface area contributed by atoms with Crippen LogP contribution in [-0.4, -0.2) is 37.2 Å². The highest BCUT2D eigenvalue weighted by atomic mass is 32.1. The summed E-state index contributed by atoms with van der Waals surface area (Å²) in [6.07, 6.45) is 4.22. The van der Waals surface area contributed by atoms with Gasteiger partial charge in [0.25, 0.3) is 0 Å². The highest BCUT2D eigenvalue weighted by molar-refractivity contribution is 7.16. The van der Waals surface area contributed by atoms with Crippen LogP contribution in [0.1, 0.15) is 47.0 Å². The maximum atomic E-state index is 12.2. The third kappa shape index (κ3) is 3.37. The lowest BCUT2D eigenvalue weighted by molar-refractivity contribution is -0.136. The van der Waals surface area contributed by atoms with E-state index in [0.717, 1.165) is 36.2 Å². The van der Waals surface area contributed by atoms with E-state index in [0.29, 0.717) is 18.7 Å². The Hall–Kier alpha value is -1.56. The minimum atomic E-state index is -0.825. The fourth-order valence-corrected chi connectivity index (χ4v) is 4.19. The number of hydrogen-bond donors (Lipinski definition) is 1. The number of thiophene rings is 1.